The Balaban J connectivity index is 2.52. The fraction of sp³-hybridized carbons (Fsp3) is 0.312. The summed E-state index contributed by atoms with van der Waals surface area (Å²) in [6.45, 7) is 5.81. The van der Waals surface area contributed by atoms with Crippen molar-refractivity contribution in [1.82, 2.24) is 4.57 Å². The lowest BCUT2D eigenvalue weighted by Gasteiger charge is -2.14. The summed E-state index contributed by atoms with van der Waals surface area (Å²) in [6, 6.07) is 7.51. The summed E-state index contributed by atoms with van der Waals surface area (Å²) in [5, 5.41) is 3.27. The first-order valence-electron chi connectivity index (χ1n) is 6.48. The van der Waals surface area contributed by atoms with Gasteiger partial charge in [0.05, 0.1) is 10.8 Å². The average molecular weight is 289 g/mol. The third-order valence-electron chi connectivity index (χ3n) is 3.13. The summed E-state index contributed by atoms with van der Waals surface area (Å²) >= 11 is 0. The van der Waals surface area contributed by atoms with Gasteiger partial charge in [-0.05, 0) is 49.9 Å². The molecule has 0 N–H and O–H groups in total. The van der Waals surface area contributed by atoms with Crippen molar-refractivity contribution in [1.29, 1.82) is 0 Å². The molecule has 1 aromatic carbocycles. The molecular formula is C16H19NO2S. The lowest BCUT2D eigenvalue weighted by atomic mass is 10.1. The van der Waals surface area contributed by atoms with Gasteiger partial charge in [-0.2, -0.15) is 0 Å². The van der Waals surface area contributed by atoms with E-state index in [9.17, 15) is 9.00 Å². The van der Waals surface area contributed by atoms with Crippen LogP contribution in [0.1, 0.15) is 26.3 Å². The second-order valence-electron chi connectivity index (χ2n) is 5.75. The Bertz CT molecular complexity index is 751. The van der Waals surface area contributed by atoms with Crippen LogP contribution in [-0.2, 0) is 17.8 Å². The van der Waals surface area contributed by atoms with E-state index in [2.05, 4.69) is 0 Å². The van der Waals surface area contributed by atoms with Crippen LogP contribution in [0.4, 0.5) is 0 Å². The molecule has 3 nitrogen and oxygen atoms in total. The maximum atomic E-state index is 12.1. The van der Waals surface area contributed by atoms with Gasteiger partial charge >= 0.3 is 0 Å². The molecule has 0 aliphatic carbocycles. The molecule has 0 saturated carbocycles. The molecule has 0 radical (unpaired) electrons. The van der Waals surface area contributed by atoms with Crippen molar-refractivity contribution in [3.63, 3.8) is 0 Å². The molecule has 0 amide bonds. The zero-order chi connectivity index (χ0) is 14.9. The predicted octanol–water partition coefficient (Wildman–Crippen LogP) is 3.06. The van der Waals surface area contributed by atoms with Crippen molar-refractivity contribution < 1.29 is 4.21 Å². The highest BCUT2D eigenvalue weighted by Crippen LogP contribution is 2.19. The van der Waals surface area contributed by atoms with E-state index in [0.717, 1.165) is 10.9 Å². The summed E-state index contributed by atoms with van der Waals surface area (Å²) in [5.41, 5.74) is 0.896. The molecular weight excluding hydrogens is 270 g/mol. The largest absolute Gasteiger partial charge is 0.318 e. The molecule has 1 atom stereocenters. The van der Waals surface area contributed by atoms with Crippen molar-refractivity contribution in [2.24, 2.45) is 7.05 Å². The SMILES string of the molecule is Cn1ccc2c(/C=C/[S@](=O)C(C)(C)C)cccc2c1=O. The maximum Gasteiger partial charge on any atom is 0.258 e. The van der Waals surface area contributed by atoms with Crippen LogP contribution in [0, 0.1) is 0 Å². The van der Waals surface area contributed by atoms with Gasteiger partial charge in [0, 0.05) is 28.8 Å². The average Bonchev–Trinajstić information content (AvgIpc) is 2.39. The van der Waals surface area contributed by atoms with Crippen LogP contribution in [0.15, 0.2) is 40.7 Å². The first-order chi connectivity index (χ1) is 9.30. The smallest absolute Gasteiger partial charge is 0.258 e. The van der Waals surface area contributed by atoms with Crippen molar-refractivity contribution in [3.05, 3.63) is 51.8 Å². The molecule has 0 spiro atoms. The number of rotatable bonds is 2. The van der Waals surface area contributed by atoms with Gasteiger partial charge in [-0.1, -0.05) is 12.1 Å². The van der Waals surface area contributed by atoms with Gasteiger partial charge in [0.15, 0.2) is 0 Å². The number of aromatic nitrogens is 1. The number of hydrogen-bond donors (Lipinski definition) is 0. The molecule has 106 valence electrons. The molecule has 0 aliphatic rings. The molecule has 4 heteroatoms. The first-order valence-corrected chi connectivity index (χ1v) is 7.69. The standard InChI is InChI=1S/C16H19NO2S/c1-16(2,3)20(19)11-9-12-6-5-7-14-13(12)8-10-17(4)15(14)18/h5-11H,1-4H3/b11-9+/t20-/m0/s1. The Kier molecular flexibility index (Phi) is 3.95. The van der Waals surface area contributed by atoms with E-state index in [1.807, 2.05) is 51.1 Å². The van der Waals surface area contributed by atoms with Crippen molar-refractivity contribution >= 4 is 27.6 Å². The van der Waals surface area contributed by atoms with Crippen LogP contribution in [0.3, 0.4) is 0 Å². The van der Waals surface area contributed by atoms with Gasteiger partial charge in [-0.25, -0.2) is 0 Å². The van der Waals surface area contributed by atoms with Crippen LogP contribution in [0.2, 0.25) is 0 Å². The van der Waals surface area contributed by atoms with Gasteiger partial charge in [-0.15, -0.1) is 0 Å². The van der Waals surface area contributed by atoms with E-state index in [1.165, 1.54) is 0 Å². The van der Waals surface area contributed by atoms with Gasteiger partial charge in [0.2, 0.25) is 0 Å². The number of nitrogens with zero attached hydrogens (tertiary/aromatic N) is 1. The molecule has 0 bridgehead atoms. The van der Waals surface area contributed by atoms with Gasteiger partial charge in [0.1, 0.15) is 0 Å². The Morgan fingerprint density at radius 3 is 2.50 bits per heavy atom. The number of benzene rings is 1. The highest BCUT2D eigenvalue weighted by Gasteiger charge is 2.16. The van der Waals surface area contributed by atoms with Crippen molar-refractivity contribution in [2.45, 2.75) is 25.5 Å². The summed E-state index contributed by atoms with van der Waals surface area (Å²) in [6.07, 6.45) is 3.59. The van der Waals surface area contributed by atoms with E-state index in [4.69, 9.17) is 0 Å². The summed E-state index contributed by atoms with van der Waals surface area (Å²) < 4.78 is 13.3. The third kappa shape index (κ3) is 2.90. The quantitative estimate of drug-likeness (QED) is 0.852. The molecule has 0 saturated heterocycles. The molecule has 0 unspecified atom stereocenters. The van der Waals surface area contributed by atoms with Gasteiger partial charge in [0.25, 0.3) is 5.56 Å². The zero-order valence-corrected chi connectivity index (χ0v) is 13.0. The number of pyridine rings is 1. The molecule has 1 heterocycles. The van der Waals surface area contributed by atoms with Crippen LogP contribution in [0.5, 0.6) is 0 Å². The lowest BCUT2D eigenvalue weighted by molar-refractivity contribution is 0.656. The van der Waals surface area contributed by atoms with Crippen LogP contribution in [-0.4, -0.2) is 13.5 Å². The Hall–Kier alpha value is -1.68. The van der Waals surface area contributed by atoms with Crippen LogP contribution < -0.4 is 5.56 Å². The van der Waals surface area contributed by atoms with Crippen molar-refractivity contribution in [2.75, 3.05) is 0 Å². The molecule has 1 aromatic heterocycles. The van der Waals surface area contributed by atoms with Gasteiger partial charge in [-0.3, -0.25) is 9.00 Å². The second-order valence-corrected chi connectivity index (χ2v) is 7.84. The zero-order valence-electron chi connectivity index (χ0n) is 12.2. The second kappa shape index (κ2) is 5.37. The molecule has 2 aromatic rings. The van der Waals surface area contributed by atoms with Crippen LogP contribution in [0.25, 0.3) is 16.8 Å². The normalized spacial score (nSPS) is 14.0. The predicted molar refractivity (Wildman–Crippen MR) is 86.1 cm³/mol. The molecule has 2 rings (SSSR count). The molecule has 0 aliphatic heterocycles. The fourth-order valence-corrected chi connectivity index (χ4v) is 2.56. The minimum Gasteiger partial charge on any atom is -0.318 e. The highest BCUT2D eigenvalue weighted by molar-refractivity contribution is 7.89. The summed E-state index contributed by atoms with van der Waals surface area (Å²) in [4.78, 5) is 12.1. The van der Waals surface area contributed by atoms with E-state index >= 15 is 0 Å². The third-order valence-corrected chi connectivity index (χ3v) is 4.72. The molecule has 20 heavy (non-hydrogen) atoms. The Morgan fingerprint density at radius 1 is 1.15 bits per heavy atom. The molecule has 0 fully saturated rings. The van der Waals surface area contributed by atoms with E-state index in [1.54, 1.807) is 23.2 Å². The minimum atomic E-state index is -1.05. The van der Waals surface area contributed by atoms with Crippen LogP contribution >= 0.6 is 0 Å². The minimum absolute atomic E-state index is 0.0188. The maximum absolute atomic E-state index is 12.1. The summed E-state index contributed by atoms with van der Waals surface area (Å²) in [5.74, 6) is 0. The van der Waals surface area contributed by atoms with E-state index in [-0.39, 0.29) is 10.3 Å². The van der Waals surface area contributed by atoms with E-state index < -0.39 is 10.8 Å². The fourth-order valence-electron chi connectivity index (χ4n) is 1.88. The summed E-state index contributed by atoms with van der Waals surface area (Å²) in [7, 11) is 0.681. The lowest BCUT2D eigenvalue weighted by Crippen LogP contribution is -2.19. The Morgan fingerprint density at radius 2 is 1.85 bits per heavy atom. The number of fused-ring (bicyclic) bond motifs is 1. The van der Waals surface area contributed by atoms with Crippen molar-refractivity contribution in [3.8, 4) is 0 Å². The highest BCUT2D eigenvalue weighted by atomic mass is 32.2. The van der Waals surface area contributed by atoms with E-state index in [0.29, 0.717) is 5.39 Å². The monoisotopic (exact) mass is 289 g/mol. The number of aryl methyl sites for hydroxylation is 1. The Labute approximate surface area is 121 Å². The topological polar surface area (TPSA) is 39.1 Å². The first kappa shape index (κ1) is 14.7. The van der Waals surface area contributed by atoms with Gasteiger partial charge < -0.3 is 4.57 Å². The number of hydrogen-bond acceptors (Lipinski definition) is 2.